The zero-order valence-electron chi connectivity index (χ0n) is 25.2. The van der Waals surface area contributed by atoms with Crippen LogP contribution in [0.2, 0.25) is 0 Å². The van der Waals surface area contributed by atoms with Crippen molar-refractivity contribution < 1.29 is 33.4 Å². The smallest absolute Gasteiger partial charge is 0.356 e. The summed E-state index contributed by atoms with van der Waals surface area (Å²) in [6.07, 6.45) is 4.96. The molecule has 2 aromatic rings. The molecule has 2 aliphatic heterocycles. The molecule has 4 atom stereocenters. The minimum absolute atomic E-state index is 0.00749. The van der Waals surface area contributed by atoms with Crippen molar-refractivity contribution in [3.63, 3.8) is 0 Å². The second-order valence-electron chi connectivity index (χ2n) is 11.1. The molecule has 45 heavy (non-hydrogen) atoms. The number of nitrogens with one attached hydrogen (secondary N) is 2. The Kier molecular flexibility index (Phi) is 9.99. The highest BCUT2D eigenvalue weighted by molar-refractivity contribution is 8.00. The predicted molar refractivity (Wildman–Crippen MR) is 169 cm³/mol. The van der Waals surface area contributed by atoms with E-state index in [9.17, 15) is 19.2 Å². The number of ether oxygens (including phenoxy) is 3. The molecule has 2 N–H and O–H groups in total. The van der Waals surface area contributed by atoms with E-state index in [1.165, 1.54) is 23.8 Å². The Hall–Kier alpha value is -4.48. The molecule has 1 aliphatic carbocycles. The molecule has 3 aliphatic rings. The van der Waals surface area contributed by atoms with E-state index in [1.807, 2.05) is 60.7 Å². The van der Waals surface area contributed by atoms with E-state index < -0.39 is 53.3 Å². The maximum absolute atomic E-state index is 14.0. The zero-order chi connectivity index (χ0) is 32.1. The number of rotatable bonds is 11. The van der Waals surface area contributed by atoms with E-state index in [0.29, 0.717) is 5.57 Å². The van der Waals surface area contributed by atoms with Crippen molar-refractivity contribution in [2.75, 3.05) is 19.5 Å². The van der Waals surface area contributed by atoms with E-state index in [1.54, 1.807) is 38.2 Å². The maximum Gasteiger partial charge on any atom is 0.356 e. The number of β-lactam (4-membered cyclic amide) rings is 1. The molecule has 2 unspecified atom stereocenters. The van der Waals surface area contributed by atoms with Crippen LogP contribution in [0.1, 0.15) is 31.1 Å². The van der Waals surface area contributed by atoms with E-state index in [2.05, 4.69) is 5.32 Å². The summed E-state index contributed by atoms with van der Waals surface area (Å²) in [4.78, 5) is 54.6. The lowest BCUT2D eigenvalue weighted by atomic mass is 9.91. The largest absolute Gasteiger partial charge is 0.461 e. The molecule has 0 radical (unpaired) electrons. The van der Waals surface area contributed by atoms with Crippen molar-refractivity contribution in [2.24, 2.45) is 11.8 Å². The first-order valence-electron chi connectivity index (χ1n) is 14.6. The third kappa shape index (κ3) is 6.79. The fourth-order valence-electron chi connectivity index (χ4n) is 5.33. The lowest BCUT2D eigenvalue weighted by Crippen LogP contribution is -2.71. The third-order valence-electron chi connectivity index (χ3n) is 7.73. The number of nitrogens with zero attached hydrogens (tertiary/aromatic N) is 1. The minimum atomic E-state index is -1.02. The quantitative estimate of drug-likeness (QED) is 0.282. The molecule has 1 saturated heterocycles. The van der Waals surface area contributed by atoms with Crippen LogP contribution in [-0.2, 0) is 33.4 Å². The van der Waals surface area contributed by atoms with Crippen LogP contribution in [0.3, 0.4) is 0 Å². The average molecular weight is 630 g/mol. The number of hydrogen-bond donors (Lipinski definition) is 2. The van der Waals surface area contributed by atoms with Gasteiger partial charge in [0.25, 0.3) is 11.8 Å². The van der Waals surface area contributed by atoms with Crippen LogP contribution in [0.4, 0.5) is 0 Å². The van der Waals surface area contributed by atoms with Crippen LogP contribution in [-0.4, -0.2) is 71.4 Å². The van der Waals surface area contributed by atoms with Crippen LogP contribution in [0, 0.1) is 17.2 Å². The van der Waals surface area contributed by atoms with Crippen LogP contribution in [0.5, 0.6) is 0 Å². The molecule has 0 aromatic heterocycles. The lowest BCUT2D eigenvalue weighted by molar-refractivity contribution is -0.156. The molecule has 10 nitrogen and oxygen atoms in total. The summed E-state index contributed by atoms with van der Waals surface area (Å²) in [7, 11) is 1.38. The molecule has 0 spiro atoms. The lowest BCUT2D eigenvalue weighted by Gasteiger charge is -2.50. The van der Waals surface area contributed by atoms with Crippen molar-refractivity contribution >= 4 is 41.2 Å². The summed E-state index contributed by atoms with van der Waals surface area (Å²) >= 11 is 1.35. The number of benzene rings is 2. The van der Waals surface area contributed by atoms with E-state index in [-0.39, 0.29) is 29.7 Å². The van der Waals surface area contributed by atoms with Crippen molar-refractivity contribution in [3.05, 3.63) is 107 Å². The Morgan fingerprint density at radius 2 is 1.67 bits per heavy atom. The molecule has 234 valence electrons. The standard InChI is InChI=1S/C34H35N3O7S/c1-20(2)33(40)43-18-23-19-45-32-26(36-30(38)29(42-3)24-16-10-11-17-25(24)35)31(39)37(32)27(23)34(41)44-28(21-12-6-4-7-13-21)22-14-8-5-9-15-22/h4-17,20,24,26,28-29,32,35H,18-19H2,1-3H3,(H,36,38)/t24?,26-,29?,32-/m1/s1. The van der Waals surface area contributed by atoms with Gasteiger partial charge in [-0.1, -0.05) is 92.7 Å². The van der Waals surface area contributed by atoms with Crippen LogP contribution in [0.15, 0.2) is 96.2 Å². The van der Waals surface area contributed by atoms with E-state index in [4.69, 9.17) is 19.6 Å². The van der Waals surface area contributed by atoms with Gasteiger partial charge < -0.3 is 24.9 Å². The Morgan fingerprint density at radius 3 is 2.24 bits per heavy atom. The SMILES string of the molecule is COC(C(=O)N[C@@H]1C(=O)N2C(C(=O)OC(c3ccccc3)c3ccccc3)=C(COC(=O)C(C)C)CS[C@H]12)C1C=CC=CC1=N. The first kappa shape index (κ1) is 31.9. The number of esters is 2. The Balaban J connectivity index is 1.41. The number of amides is 2. The molecule has 2 aromatic carbocycles. The number of methoxy groups -OCH3 is 1. The normalized spacial score (nSPS) is 21.4. The molecule has 0 bridgehead atoms. The second-order valence-corrected chi connectivity index (χ2v) is 12.2. The average Bonchev–Trinajstić information content (AvgIpc) is 3.06. The second kappa shape index (κ2) is 14.1. The van der Waals surface area contributed by atoms with Crippen molar-refractivity contribution in [1.82, 2.24) is 10.2 Å². The van der Waals surface area contributed by atoms with Gasteiger partial charge >= 0.3 is 11.9 Å². The number of allylic oxidation sites excluding steroid dienone is 3. The molecular formula is C34H35N3O7S. The maximum atomic E-state index is 14.0. The van der Waals surface area contributed by atoms with Gasteiger partial charge in [-0.25, -0.2) is 4.79 Å². The topological polar surface area (TPSA) is 135 Å². The molecule has 2 amide bonds. The monoisotopic (exact) mass is 629 g/mol. The third-order valence-corrected chi connectivity index (χ3v) is 9.07. The van der Waals surface area contributed by atoms with Gasteiger partial charge in [0.2, 0.25) is 0 Å². The minimum Gasteiger partial charge on any atom is -0.461 e. The number of carbonyl (C=O) groups excluding carboxylic acids is 4. The molecule has 1 fully saturated rings. The zero-order valence-corrected chi connectivity index (χ0v) is 26.0. The number of thioether (sulfide) groups is 1. The number of carbonyl (C=O) groups is 4. The molecule has 11 heteroatoms. The van der Waals surface area contributed by atoms with Gasteiger partial charge in [0.05, 0.1) is 11.8 Å². The van der Waals surface area contributed by atoms with Crippen LogP contribution in [0.25, 0.3) is 0 Å². The van der Waals surface area contributed by atoms with Gasteiger partial charge in [0.15, 0.2) is 6.10 Å². The summed E-state index contributed by atoms with van der Waals surface area (Å²) in [5, 5.41) is 10.4. The highest BCUT2D eigenvalue weighted by Crippen LogP contribution is 2.42. The predicted octanol–water partition coefficient (Wildman–Crippen LogP) is 3.95. The summed E-state index contributed by atoms with van der Waals surface area (Å²) in [6.45, 7) is 3.24. The Labute approximate surface area is 266 Å². The summed E-state index contributed by atoms with van der Waals surface area (Å²) < 4.78 is 17.0. The van der Waals surface area contributed by atoms with Crippen molar-refractivity contribution in [1.29, 1.82) is 5.41 Å². The number of fused-ring (bicyclic) bond motifs is 1. The van der Waals surface area contributed by atoms with Gasteiger partial charge in [-0.15, -0.1) is 11.8 Å². The van der Waals surface area contributed by atoms with Gasteiger partial charge in [0.1, 0.15) is 29.8 Å². The molecular weight excluding hydrogens is 594 g/mol. The molecule has 2 heterocycles. The van der Waals surface area contributed by atoms with Gasteiger partial charge in [0, 0.05) is 24.1 Å². The fraction of sp³-hybridized carbons (Fsp3) is 0.324. The Bertz CT molecular complexity index is 1510. The van der Waals surface area contributed by atoms with Crippen LogP contribution >= 0.6 is 11.8 Å². The van der Waals surface area contributed by atoms with Gasteiger partial charge in [-0.05, 0) is 17.2 Å². The van der Waals surface area contributed by atoms with Gasteiger partial charge in [-0.3, -0.25) is 19.3 Å². The fourth-order valence-corrected chi connectivity index (χ4v) is 6.66. The first-order chi connectivity index (χ1) is 21.7. The molecule has 0 saturated carbocycles. The summed E-state index contributed by atoms with van der Waals surface area (Å²) in [5.74, 6) is -2.92. The Morgan fingerprint density at radius 1 is 1.02 bits per heavy atom. The number of hydrogen-bond acceptors (Lipinski definition) is 9. The molecule has 5 rings (SSSR count). The first-order valence-corrected chi connectivity index (χ1v) is 15.7. The van der Waals surface area contributed by atoms with Gasteiger partial charge in [-0.2, -0.15) is 0 Å². The van der Waals surface area contributed by atoms with Crippen molar-refractivity contribution in [3.8, 4) is 0 Å². The highest BCUT2D eigenvalue weighted by Gasteiger charge is 2.55. The summed E-state index contributed by atoms with van der Waals surface area (Å²) in [6, 6.07) is 17.6. The van der Waals surface area contributed by atoms with E-state index >= 15 is 0 Å². The van der Waals surface area contributed by atoms with Crippen LogP contribution < -0.4 is 5.32 Å². The van der Waals surface area contributed by atoms with Crippen molar-refractivity contribution in [2.45, 2.75) is 37.5 Å². The summed E-state index contributed by atoms with van der Waals surface area (Å²) in [5.41, 5.74) is 2.15. The highest BCUT2D eigenvalue weighted by atomic mass is 32.2. The van der Waals surface area contributed by atoms with E-state index in [0.717, 1.165) is 11.1 Å².